The molecule has 0 bridgehead atoms. The molecule has 0 N–H and O–H groups in total. The molecule has 1 aromatic heterocycles. The van der Waals surface area contributed by atoms with Crippen molar-refractivity contribution in [3.8, 4) is 12.3 Å². The van der Waals surface area contributed by atoms with Crippen molar-refractivity contribution in [1.29, 1.82) is 0 Å². The van der Waals surface area contributed by atoms with Gasteiger partial charge in [-0.25, -0.2) is 4.98 Å². The minimum Gasteiger partial charge on any atom is -0.327 e. The zero-order valence-corrected chi connectivity index (χ0v) is 9.80. The standard InChI is InChI=1S/C11H14N2OS/c1-4-6-13(7-5-2)11(14)10-9(3)12-8-15-10/h1,8H,5-7H2,2-3H3. The van der Waals surface area contributed by atoms with Gasteiger partial charge in [-0.2, -0.15) is 0 Å². The molecule has 3 nitrogen and oxygen atoms in total. The van der Waals surface area contributed by atoms with Gasteiger partial charge in [0.15, 0.2) is 0 Å². The monoisotopic (exact) mass is 222 g/mol. The Kier molecular flexibility index (Phi) is 4.32. The smallest absolute Gasteiger partial charge is 0.266 e. The second-order valence-electron chi connectivity index (χ2n) is 3.20. The van der Waals surface area contributed by atoms with Crippen molar-refractivity contribution in [2.75, 3.05) is 13.1 Å². The van der Waals surface area contributed by atoms with Gasteiger partial charge in [0.1, 0.15) is 4.88 Å². The first-order valence-electron chi connectivity index (χ1n) is 4.83. The molecular formula is C11H14N2OS. The Morgan fingerprint density at radius 2 is 2.47 bits per heavy atom. The van der Waals surface area contributed by atoms with Crippen molar-refractivity contribution < 1.29 is 4.79 Å². The average Bonchev–Trinajstić information content (AvgIpc) is 2.63. The molecule has 0 saturated heterocycles. The zero-order valence-electron chi connectivity index (χ0n) is 8.99. The van der Waals surface area contributed by atoms with Crippen LogP contribution in [-0.2, 0) is 0 Å². The number of hydrogen-bond donors (Lipinski definition) is 0. The molecule has 0 spiro atoms. The third kappa shape index (κ3) is 2.80. The summed E-state index contributed by atoms with van der Waals surface area (Å²) in [5.74, 6) is 2.50. The molecular weight excluding hydrogens is 208 g/mol. The van der Waals surface area contributed by atoms with Crippen LogP contribution in [0.3, 0.4) is 0 Å². The number of carbonyl (C=O) groups excluding carboxylic acids is 1. The van der Waals surface area contributed by atoms with E-state index in [1.54, 1.807) is 10.4 Å². The van der Waals surface area contributed by atoms with Gasteiger partial charge < -0.3 is 4.90 Å². The number of aromatic nitrogens is 1. The fraction of sp³-hybridized carbons (Fsp3) is 0.455. The number of nitrogens with zero attached hydrogens (tertiary/aromatic N) is 2. The quantitative estimate of drug-likeness (QED) is 0.729. The fourth-order valence-electron chi connectivity index (χ4n) is 1.28. The van der Waals surface area contributed by atoms with Crippen LogP contribution in [0.4, 0.5) is 0 Å². The fourth-order valence-corrected chi connectivity index (χ4v) is 2.05. The summed E-state index contributed by atoms with van der Waals surface area (Å²) < 4.78 is 0. The minimum absolute atomic E-state index is 0.00481. The maximum absolute atomic E-state index is 12.0. The third-order valence-corrected chi connectivity index (χ3v) is 2.92. The molecule has 80 valence electrons. The van der Waals surface area contributed by atoms with Crippen molar-refractivity contribution in [2.24, 2.45) is 0 Å². The van der Waals surface area contributed by atoms with Gasteiger partial charge in [0.2, 0.25) is 0 Å². The summed E-state index contributed by atoms with van der Waals surface area (Å²) in [5.41, 5.74) is 2.46. The van der Waals surface area contributed by atoms with E-state index in [2.05, 4.69) is 10.9 Å². The predicted molar refractivity (Wildman–Crippen MR) is 61.9 cm³/mol. The van der Waals surface area contributed by atoms with E-state index in [1.807, 2.05) is 13.8 Å². The Morgan fingerprint density at radius 3 is 2.93 bits per heavy atom. The van der Waals surface area contributed by atoms with Gasteiger partial charge in [0.25, 0.3) is 5.91 Å². The van der Waals surface area contributed by atoms with Crippen LogP contribution in [-0.4, -0.2) is 28.9 Å². The molecule has 1 rings (SSSR count). The second-order valence-corrected chi connectivity index (χ2v) is 4.05. The van der Waals surface area contributed by atoms with Crippen LogP contribution in [0.25, 0.3) is 0 Å². The number of hydrogen-bond acceptors (Lipinski definition) is 3. The van der Waals surface area contributed by atoms with Gasteiger partial charge in [-0.1, -0.05) is 12.8 Å². The van der Waals surface area contributed by atoms with Crippen LogP contribution in [0.2, 0.25) is 0 Å². The van der Waals surface area contributed by atoms with Crippen LogP contribution in [0, 0.1) is 19.3 Å². The van der Waals surface area contributed by atoms with Crippen molar-refractivity contribution >= 4 is 17.2 Å². The van der Waals surface area contributed by atoms with Crippen molar-refractivity contribution in [3.63, 3.8) is 0 Å². The number of thiazole rings is 1. The number of rotatable bonds is 4. The van der Waals surface area contributed by atoms with E-state index < -0.39 is 0 Å². The van der Waals surface area contributed by atoms with Crippen LogP contribution < -0.4 is 0 Å². The number of amides is 1. The largest absolute Gasteiger partial charge is 0.327 e. The van der Waals surface area contributed by atoms with Crippen molar-refractivity contribution in [1.82, 2.24) is 9.88 Å². The van der Waals surface area contributed by atoms with E-state index in [1.165, 1.54) is 11.3 Å². The lowest BCUT2D eigenvalue weighted by Gasteiger charge is -2.18. The van der Waals surface area contributed by atoms with Crippen LogP contribution >= 0.6 is 11.3 Å². The molecule has 0 aliphatic carbocycles. The highest BCUT2D eigenvalue weighted by Crippen LogP contribution is 2.15. The molecule has 4 heteroatoms. The van der Waals surface area contributed by atoms with Gasteiger partial charge in [-0.15, -0.1) is 17.8 Å². The predicted octanol–water partition coefficient (Wildman–Crippen LogP) is 1.94. The van der Waals surface area contributed by atoms with E-state index in [9.17, 15) is 4.79 Å². The zero-order chi connectivity index (χ0) is 11.3. The van der Waals surface area contributed by atoms with Gasteiger partial charge in [0.05, 0.1) is 17.7 Å². The molecule has 0 unspecified atom stereocenters. The maximum Gasteiger partial charge on any atom is 0.266 e. The van der Waals surface area contributed by atoms with E-state index in [-0.39, 0.29) is 5.91 Å². The highest BCUT2D eigenvalue weighted by molar-refractivity contribution is 7.11. The first-order valence-corrected chi connectivity index (χ1v) is 5.71. The molecule has 0 saturated carbocycles. The van der Waals surface area contributed by atoms with Crippen LogP contribution in [0.5, 0.6) is 0 Å². The number of terminal acetylenes is 1. The molecule has 0 aliphatic heterocycles. The summed E-state index contributed by atoms with van der Waals surface area (Å²) in [5, 5.41) is 0. The average molecular weight is 222 g/mol. The van der Waals surface area contributed by atoms with E-state index in [0.717, 1.165) is 12.1 Å². The lowest BCUT2D eigenvalue weighted by molar-refractivity contribution is 0.0781. The van der Waals surface area contributed by atoms with Gasteiger partial charge in [-0.3, -0.25) is 4.79 Å². The van der Waals surface area contributed by atoms with Gasteiger partial charge in [0, 0.05) is 6.54 Å². The highest BCUT2D eigenvalue weighted by atomic mass is 32.1. The Hall–Kier alpha value is -1.34. The molecule has 1 amide bonds. The Balaban J connectivity index is 2.81. The minimum atomic E-state index is -0.00481. The van der Waals surface area contributed by atoms with E-state index in [0.29, 0.717) is 18.0 Å². The van der Waals surface area contributed by atoms with Gasteiger partial charge in [-0.05, 0) is 13.3 Å². The number of carbonyl (C=O) groups is 1. The Labute approximate surface area is 94.1 Å². The highest BCUT2D eigenvalue weighted by Gasteiger charge is 2.17. The normalized spacial score (nSPS) is 9.67. The molecule has 0 fully saturated rings. The molecule has 0 atom stereocenters. The summed E-state index contributed by atoms with van der Waals surface area (Å²) in [6, 6.07) is 0. The summed E-state index contributed by atoms with van der Waals surface area (Å²) in [6.45, 7) is 4.92. The first kappa shape index (κ1) is 11.7. The Bertz CT molecular complexity index is 378. The Morgan fingerprint density at radius 1 is 1.73 bits per heavy atom. The molecule has 1 heterocycles. The SMILES string of the molecule is C#CCN(CCC)C(=O)c1scnc1C. The molecule has 0 aromatic carbocycles. The van der Waals surface area contributed by atoms with Crippen molar-refractivity contribution in [3.05, 3.63) is 16.1 Å². The topological polar surface area (TPSA) is 33.2 Å². The lowest BCUT2D eigenvalue weighted by Crippen LogP contribution is -2.32. The first-order chi connectivity index (χ1) is 7.20. The van der Waals surface area contributed by atoms with Crippen LogP contribution in [0.15, 0.2) is 5.51 Å². The summed E-state index contributed by atoms with van der Waals surface area (Å²) in [4.78, 5) is 18.4. The maximum atomic E-state index is 12.0. The van der Waals surface area contributed by atoms with E-state index >= 15 is 0 Å². The van der Waals surface area contributed by atoms with E-state index in [4.69, 9.17) is 6.42 Å². The molecule has 15 heavy (non-hydrogen) atoms. The van der Waals surface area contributed by atoms with Crippen LogP contribution in [0.1, 0.15) is 28.7 Å². The molecule has 0 radical (unpaired) electrons. The number of aryl methyl sites for hydroxylation is 1. The second kappa shape index (κ2) is 5.52. The third-order valence-electron chi connectivity index (χ3n) is 2.00. The summed E-state index contributed by atoms with van der Waals surface area (Å²) in [7, 11) is 0. The summed E-state index contributed by atoms with van der Waals surface area (Å²) >= 11 is 1.37. The molecule has 1 aromatic rings. The molecule has 0 aliphatic rings. The summed E-state index contributed by atoms with van der Waals surface area (Å²) in [6.07, 6.45) is 6.14. The van der Waals surface area contributed by atoms with Gasteiger partial charge >= 0.3 is 0 Å². The lowest BCUT2D eigenvalue weighted by atomic mass is 10.3. The van der Waals surface area contributed by atoms with Crippen molar-refractivity contribution in [2.45, 2.75) is 20.3 Å².